The van der Waals surface area contributed by atoms with Gasteiger partial charge in [-0.25, -0.2) is 9.97 Å². The van der Waals surface area contributed by atoms with Gasteiger partial charge >= 0.3 is 0 Å². The molecule has 4 nitrogen and oxygen atoms in total. The number of nitrogen functional groups attached to an aromatic ring is 1. The summed E-state index contributed by atoms with van der Waals surface area (Å²) in [6.07, 6.45) is 2.31. The van der Waals surface area contributed by atoms with E-state index in [0.29, 0.717) is 28.5 Å². The van der Waals surface area contributed by atoms with Crippen molar-refractivity contribution >= 4 is 23.1 Å². The largest absolute Gasteiger partial charge is 0.393 e. The van der Waals surface area contributed by atoms with E-state index in [0.717, 1.165) is 25.2 Å². The first-order chi connectivity index (χ1) is 7.58. The number of nitrogens with one attached hydrogen (secondary N) is 1. The zero-order chi connectivity index (χ0) is 11.7. The summed E-state index contributed by atoms with van der Waals surface area (Å²) in [4.78, 5) is 8.65. The molecule has 0 spiro atoms. The van der Waals surface area contributed by atoms with Crippen molar-refractivity contribution in [1.29, 1.82) is 0 Å². The molecule has 1 aromatic heterocycles. The number of aromatic nitrogens is 2. The molecule has 0 saturated heterocycles. The van der Waals surface area contributed by atoms with Gasteiger partial charge in [0.1, 0.15) is 11.5 Å². The third-order valence-electron chi connectivity index (χ3n) is 2.54. The van der Waals surface area contributed by atoms with Crippen molar-refractivity contribution < 1.29 is 0 Å². The Hall–Kier alpha value is -1.03. The van der Waals surface area contributed by atoms with Gasteiger partial charge in [0.25, 0.3) is 0 Å². The third kappa shape index (κ3) is 2.55. The SMILES string of the molecule is CC(C)CNc1nc(C2CC2)nc(Cl)c1N. The van der Waals surface area contributed by atoms with E-state index in [9.17, 15) is 0 Å². The molecule has 0 aromatic carbocycles. The summed E-state index contributed by atoms with van der Waals surface area (Å²) in [6, 6.07) is 0. The Bertz CT molecular complexity index is 388. The molecule has 1 aliphatic rings. The summed E-state index contributed by atoms with van der Waals surface area (Å²) >= 11 is 5.99. The van der Waals surface area contributed by atoms with Crippen molar-refractivity contribution in [3.05, 3.63) is 11.0 Å². The van der Waals surface area contributed by atoms with Gasteiger partial charge in [-0.3, -0.25) is 0 Å². The first kappa shape index (κ1) is 11.5. The van der Waals surface area contributed by atoms with E-state index in [1.54, 1.807) is 0 Å². The summed E-state index contributed by atoms with van der Waals surface area (Å²) in [5, 5.41) is 3.58. The zero-order valence-electron chi connectivity index (χ0n) is 9.63. The average molecular weight is 241 g/mol. The minimum absolute atomic E-state index is 0.364. The fourth-order valence-corrected chi connectivity index (χ4v) is 1.59. The highest BCUT2D eigenvalue weighted by Crippen LogP contribution is 2.40. The number of hydrogen-bond donors (Lipinski definition) is 2. The van der Waals surface area contributed by atoms with Gasteiger partial charge in [0.2, 0.25) is 0 Å². The Labute approximate surface area is 101 Å². The lowest BCUT2D eigenvalue weighted by atomic mass is 10.2. The fraction of sp³-hybridized carbons (Fsp3) is 0.636. The molecule has 88 valence electrons. The predicted octanol–water partition coefficient (Wildman–Crippen LogP) is 2.66. The highest BCUT2D eigenvalue weighted by Gasteiger charge is 2.28. The molecule has 1 aliphatic carbocycles. The summed E-state index contributed by atoms with van der Waals surface area (Å²) in [6.45, 7) is 5.10. The van der Waals surface area contributed by atoms with Crippen LogP contribution in [0.4, 0.5) is 11.5 Å². The van der Waals surface area contributed by atoms with Crippen molar-refractivity contribution in [1.82, 2.24) is 9.97 Å². The molecule has 16 heavy (non-hydrogen) atoms. The third-order valence-corrected chi connectivity index (χ3v) is 2.82. The van der Waals surface area contributed by atoms with Crippen LogP contribution in [0.25, 0.3) is 0 Å². The van der Waals surface area contributed by atoms with Crippen molar-refractivity contribution in [2.24, 2.45) is 5.92 Å². The maximum absolute atomic E-state index is 5.99. The number of nitrogens with zero attached hydrogens (tertiary/aromatic N) is 2. The van der Waals surface area contributed by atoms with Crippen LogP contribution >= 0.6 is 11.6 Å². The molecule has 0 atom stereocenters. The first-order valence-electron chi connectivity index (χ1n) is 5.64. The van der Waals surface area contributed by atoms with E-state index in [1.165, 1.54) is 0 Å². The van der Waals surface area contributed by atoms with E-state index in [4.69, 9.17) is 17.3 Å². The molecule has 0 unspecified atom stereocenters. The van der Waals surface area contributed by atoms with Crippen LogP contribution in [-0.2, 0) is 0 Å². The van der Waals surface area contributed by atoms with Crippen molar-refractivity contribution in [2.75, 3.05) is 17.6 Å². The molecule has 0 bridgehead atoms. The second kappa shape index (κ2) is 4.45. The monoisotopic (exact) mass is 240 g/mol. The highest BCUT2D eigenvalue weighted by molar-refractivity contribution is 6.32. The molecule has 2 rings (SSSR count). The lowest BCUT2D eigenvalue weighted by Crippen LogP contribution is -2.13. The minimum Gasteiger partial charge on any atom is -0.393 e. The molecule has 1 heterocycles. The van der Waals surface area contributed by atoms with Gasteiger partial charge in [0, 0.05) is 12.5 Å². The van der Waals surface area contributed by atoms with Crippen LogP contribution < -0.4 is 11.1 Å². The maximum Gasteiger partial charge on any atom is 0.157 e. The lowest BCUT2D eigenvalue weighted by molar-refractivity contribution is 0.686. The second-order valence-electron chi connectivity index (χ2n) is 4.68. The molecule has 0 radical (unpaired) electrons. The van der Waals surface area contributed by atoms with Gasteiger partial charge in [-0.2, -0.15) is 0 Å². The van der Waals surface area contributed by atoms with E-state index < -0.39 is 0 Å². The minimum atomic E-state index is 0.364. The van der Waals surface area contributed by atoms with Gasteiger partial charge in [0.15, 0.2) is 11.0 Å². The van der Waals surface area contributed by atoms with Crippen LogP contribution in [0.5, 0.6) is 0 Å². The van der Waals surface area contributed by atoms with Crippen LogP contribution in [0.1, 0.15) is 38.4 Å². The number of rotatable bonds is 4. The number of hydrogen-bond acceptors (Lipinski definition) is 4. The predicted molar refractivity (Wildman–Crippen MR) is 66.8 cm³/mol. The number of nitrogens with two attached hydrogens (primary N) is 1. The Morgan fingerprint density at radius 3 is 2.69 bits per heavy atom. The molecular formula is C11H17ClN4. The van der Waals surface area contributed by atoms with Crippen LogP contribution in [0, 0.1) is 5.92 Å². The molecule has 0 amide bonds. The van der Waals surface area contributed by atoms with E-state index in [1.807, 2.05) is 0 Å². The molecular weight excluding hydrogens is 224 g/mol. The van der Waals surface area contributed by atoms with Gasteiger partial charge in [-0.1, -0.05) is 25.4 Å². The number of halogens is 1. The summed E-state index contributed by atoms with van der Waals surface area (Å²) in [7, 11) is 0. The summed E-state index contributed by atoms with van der Waals surface area (Å²) in [5.74, 6) is 2.52. The van der Waals surface area contributed by atoms with Gasteiger partial charge in [-0.05, 0) is 18.8 Å². The van der Waals surface area contributed by atoms with E-state index in [2.05, 4.69) is 29.1 Å². The van der Waals surface area contributed by atoms with E-state index in [-0.39, 0.29) is 0 Å². The molecule has 1 fully saturated rings. The van der Waals surface area contributed by atoms with E-state index >= 15 is 0 Å². The smallest absolute Gasteiger partial charge is 0.157 e. The van der Waals surface area contributed by atoms with Crippen LogP contribution in [0.15, 0.2) is 0 Å². The number of anilines is 2. The standard InChI is InChI=1S/C11H17ClN4/c1-6(2)5-14-11-8(13)9(12)15-10(16-11)7-3-4-7/h6-7H,3-5,13H2,1-2H3,(H,14,15,16). The van der Waals surface area contributed by atoms with Crippen LogP contribution in [0.3, 0.4) is 0 Å². The summed E-state index contributed by atoms with van der Waals surface area (Å²) in [5.41, 5.74) is 6.29. The normalized spacial score (nSPS) is 15.5. The topological polar surface area (TPSA) is 63.8 Å². The average Bonchev–Trinajstić information content (AvgIpc) is 3.03. The Balaban J connectivity index is 2.20. The highest BCUT2D eigenvalue weighted by atomic mass is 35.5. The van der Waals surface area contributed by atoms with Crippen LogP contribution in [0.2, 0.25) is 5.15 Å². The second-order valence-corrected chi connectivity index (χ2v) is 5.04. The summed E-state index contributed by atoms with van der Waals surface area (Å²) < 4.78 is 0. The Morgan fingerprint density at radius 1 is 1.44 bits per heavy atom. The van der Waals surface area contributed by atoms with Gasteiger partial charge in [0.05, 0.1) is 0 Å². The molecule has 5 heteroatoms. The Morgan fingerprint density at radius 2 is 2.12 bits per heavy atom. The lowest BCUT2D eigenvalue weighted by Gasteiger charge is -2.12. The van der Waals surface area contributed by atoms with Crippen LogP contribution in [-0.4, -0.2) is 16.5 Å². The fourth-order valence-electron chi connectivity index (χ4n) is 1.42. The zero-order valence-corrected chi connectivity index (χ0v) is 10.4. The van der Waals surface area contributed by atoms with Gasteiger partial charge < -0.3 is 11.1 Å². The van der Waals surface area contributed by atoms with Crippen molar-refractivity contribution in [3.63, 3.8) is 0 Å². The molecule has 3 N–H and O–H groups in total. The van der Waals surface area contributed by atoms with Gasteiger partial charge in [-0.15, -0.1) is 0 Å². The first-order valence-corrected chi connectivity index (χ1v) is 6.02. The van der Waals surface area contributed by atoms with Crippen molar-refractivity contribution in [2.45, 2.75) is 32.6 Å². The van der Waals surface area contributed by atoms with Crippen molar-refractivity contribution in [3.8, 4) is 0 Å². The Kier molecular flexibility index (Phi) is 3.19. The molecule has 1 aromatic rings. The quantitative estimate of drug-likeness (QED) is 0.795. The molecule has 1 saturated carbocycles. The maximum atomic E-state index is 5.99. The molecule has 0 aliphatic heterocycles.